The molecular weight excluding hydrogens is 350 g/mol. The van der Waals surface area contributed by atoms with Gasteiger partial charge in [-0.2, -0.15) is 16.3 Å². The number of hydrogen-bond acceptors (Lipinski definition) is 6. The summed E-state index contributed by atoms with van der Waals surface area (Å²) in [7, 11) is 1.63. The summed E-state index contributed by atoms with van der Waals surface area (Å²) < 4.78 is 10.5. The number of carbonyl (C=O) groups excluding carboxylic acids is 1. The van der Waals surface area contributed by atoms with E-state index in [1.165, 1.54) is 0 Å². The molecule has 1 amide bonds. The summed E-state index contributed by atoms with van der Waals surface area (Å²) >= 11 is 1.55. The lowest BCUT2D eigenvalue weighted by molar-refractivity contribution is 0.0787. The number of carbonyl (C=O) groups is 1. The fourth-order valence-corrected chi connectivity index (χ4v) is 3.83. The number of nitrogens with zero attached hydrogens (tertiary/aromatic N) is 3. The van der Waals surface area contributed by atoms with Crippen LogP contribution in [0.3, 0.4) is 0 Å². The molecule has 1 aliphatic heterocycles. The van der Waals surface area contributed by atoms with E-state index in [1.807, 2.05) is 46.0 Å². The number of thiophene rings is 1. The minimum atomic E-state index is 0.112. The van der Waals surface area contributed by atoms with E-state index in [9.17, 15) is 4.79 Å². The first kappa shape index (κ1) is 16.8. The summed E-state index contributed by atoms with van der Waals surface area (Å²) in [5, 5.41) is 7.93. The molecule has 7 heteroatoms. The van der Waals surface area contributed by atoms with Gasteiger partial charge >= 0.3 is 0 Å². The Morgan fingerprint density at radius 1 is 1.35 bits per heavy atom. The smallest absolute Gasteiger partial charge is 0.257 e. The van der Waals surface area contributed by atoms with E-state index in [2.05, 4.69) is 10.1 Å². The fourth-order valence-electron chi connectivity index (χ4n) is 3.20. The first-order valence-electron chi connectivity index (χ1n) is 8.51. The molecule has 0 saturated carbocycles. The molecule has 26 heavy (non-hydrogen) atoms. The first-order chi connectivity index (χ1) is 12.7. The van der Waals surface area contributed by atoms with Gasteiger partial charge in [0.2, 0.25) is 0 Å². The highest BCUT2D eigenvalue weighted by atomic mass is 32.1. The highest BCUT2D eigenvalue weighted by Crippen LogP contribution is 2.24. The zero-order valence-corrected chi connectivity index (χ0v) is 15.2. The van der Waals surface area contributed by atoms with Gasteiger partial charge in [0.1, 0.15) is 5.75 Å². The number of methoxy groups -OCH3 is 1. The maximum absolute atomic E-state index is 12.4. The van der Waals surface area contributed by atoms with Crippen LogP contribution in [0.4, 0.5) is 0 Å². The second kappa shape index (κ2) is 7.29. The number of ether oxygens (including phenoxy) is 1. The molecule has 134 valence electrons. The molecule has 1 aliphatic rings. The second-order valence-electron chi connectivity index (χ2n) is 6.37. The third-order valence-electron chi connectivity index (χ3n) is 4.62. The van der Waals surface area contributed by atoms with Crippen LogP contribution in [0, 0.1) is 5.92 Å². The third-order valence-corrected chi connectivity index (χ3v) is 5.30. The molecule has 3 aromatic rings. The molecule has 0 bridgehead atoms. The average molecular weight is 369 g/mol. The van der Waals surface area contributed by atoms with Crippen LogP contribution in [0.1, 0.15) is 22.6 Å². The van der Waals surface area contributed by atoms with Crippen molar-refractivity contribution < 1.29 is 14.1 Å². The highest BCUT2D eigenvalue weighted by molar-refractivity contribution is 7.08. The van der Waals surface area contributed by atoms with Crippen LogP contribution in [0.5, 0.6) is 5.75 Å². The second-order valence-corrected chi connectivity index (χ2v) is 7.15. The minimum Gasteiger partial charge on any atom is -0.497 e. The molecule has 2 aromatic heterocycles. The SMILES string of the molecule is COc1ccc(-c2nc(CC3CCN(C(=O)c4ccsc4)C3)no2)cc1. The van der Waals surface area contributed by atoms with E-state index in [1.54, 1.807) is 18.4 Å². The summed E-state index contributed by atoms with van der Waals surface area (Å²) in [4.78, 5) is 18.8. The normalized spacial score (nSPS) is 16.8. The van der Waals surface area contributed by atoms with E-state index in [0.717, 1.165) is 36.4 Å². The standard InChI is InChI=1S/C19H19N3O3S/c1-24-16-4-2-14(3-5-16)18-20-17(21-25-18)10-13-6-8-22(11-13)19(23)15-7-9-26-12-15/h2-5,7,9,12-13H,6,8,10-11H2,1H3. The van der Waals surface area contributed by atoms with Crippen LogP contribution in [-0.4, -0.2) is 41.1 Å². The van der Waals surface area contributed by atoms with Gasteiger partial charge in [-0.05, 0) is 48.1 Å². The summed E-state index contributed by atoms with van der Waals surface area (Å²) in [5.41, 5.74) is 1.64. The van der Waals surface area contributed by atoms with E-state index < -0.39 is 0 Å². The monoisotopic (exact) mass is 369 g/mol. The molecule has 3 heterocycles. The van der Waals surface area contributed by atoms with Crippen LogP contribution in [0.15, 0.2) is 45.6 Å². The minimum absolute atomic E-state index is 0.112. The number of rotatable bonds is 5. The lowest BCUT2D eigenvalue weighted by Gasteiger charge is -2.15. The molecule has 0 radical (unpaired) electrons. The topological polar surface area (TPSA) is 68.5 Å². The molecule has 1 aromatic carbocycles. The van der Waals surface area contributed by atoms with Gasteiger partial charge in [-0.1, -0.05) is 5.16 Å². The zero-order chi connectivity index (χ0) is 17.9. The molecular formula is C19H19N3O3S. The van der Waals surface area contributed by atoms with Crippen molar-refractivity contribution in [3.8, 4) is 17.2 Å². The Kier molecular flexibility index (Phi) is 4.71. The van der Waals surface area contributed by atoms with Crippen molar-refractivity contribution in [3.05, 3.63) is 52.5 Å². The number of hydrogen-bond donors (Lipinski definition) is 0. The average Bonchev–Trinajstić information content (AvgIpc) is 3.43. The van der Waals surface area contributed by atoms with Crippen LogP contribution in [-0.2, 0) is 6.42 Å². The molecule has 1 fully saturated rings. The van der Waals surface area contributed by atoms with Crippen molar-refractivity contribution in [3.63, 3.8) is 0 Å². The highest BCUT2D eigenvalue weighted by Gasteiger charge is 2.28. The third kappa shape index (κ3) is 3.48. The van der Waals surface area contributed by atoms with Gasteiger partial charge in [-0.25, -0.2) is 0 Å². The van der Waals surface area contributed by atoms with Crippen molar-refractivity contribution in [2.75, 3.05) is 20.2 Å². The Morgan fingerprint density at radius 3 is 2.92 bits per heavy atom. The Balaban J connectivity index is 1.38. The summed E-state index contributed by atoms with van der Waals surface area (Å²) in [6, 6.07) is 9.40. The zero-order valence-electron chi connectivity index (χ0n) is 14.4. The van der Waals surface area contributed by atoms with Crippen LogP contribution >= 0.6 is 11.3 Å². The first-order valence-corrected chi connectivity index (χ1v) is 9.45. The van der Waals surface area contributed by atoms with E-state index in [4.69, 9.17) is 9.26 Å². The van der Waals surface area contributed by atoms with Gasteiger partial charge in [0.25, 0.3) is 11.8 Å². The number of likely N-dealkylation sites (tertiary alicyclic amines) is 1. The van der Waals surface area contributed by atoms with Crippen molar-refractivity contribution in [2.45, 2.75) is 12.8 Å². The predicted octanol–water partition coefficient (Wildman–Crippen LogP) is 3.51. The van der Waals surface area contributed by atoms with Crippen LogP contribution in [0.2, 0.25) is 0 Å². The van der Waals surface area contributed by atoms with Gasteiger partial charge in [-0.3, -0.25) is 4.79 Å². The van der Waals surface area contributed by atoms with Crippen molar-refractivity contribution in [2.24, 2.45) is 5.92 Å². The van der Waals surface area contributed by atoms with Crippen LogP contribution in [0.25, 0.3) is 11.5 Å². The molecule has 1 atom stereocenters. The Hall–Kier alpha value is -2.67. The molecule has 1 saturated heterocycles. The van der Waals surface area contributed by atoms with E-state index in [-0.39, 0.29) is 5.91 Å². The van der Waals surface area contributed by atoms with Gasteiger partial charge in [0.05, 0.1) is 12.7 Å². The van der Waals surface area contributed by atoms with Crippen molar-refractivity contribution in [1.82, 2.24) is 15.0 Å². The van der Waals surface area contributed by atoms with Crippen molar-refractivity contribution in [1.29, 1.82) is 0 Å². The number of aromatic nitrogens is 2. The van der Waals surface area contributed by atoms with Crippen LogP contribution < -0.4 is 4.74 Å². The maximum Gasteiger partial charge on any atom is 0.257 e. The summed E-state index contributed by atoms with van der Waals surface area (Å²) in [6.07, 6.45) is 1.68. The Bertz CT molecular complexity index is 874. The van der Waals surface area contributed by atoms with E-state index >= 15 is 0 Å². The fraction of sp³-hybridized carbons (Fsp3) is 0.316. The van der Waals surface area contributed by atoms with Gasteiger partial charge in [-0.15, -0.1) is 0 Å². The Labute approximate surface area is 155 Å². The molecule has 4 rings (SSSR count). The maximum atomic E-state index is 12.4. The number of benzene rings is 1. The van der Waals surface area contributed by atoms with Gasteiger partial charge in [0, 0.05) is 30.5 Å². The quantitative estimate of drug-likeness (QED) is 0.688. The number of amides is 1. The lowest BCUT2D eigenvalue weighted by Crippen LogP contribution is -2.28. The molecule has 1 unspecified atom stereocenters. The molecule has 0 aliphatic carbocycles. The van der Waals surface area contributed by atoms with Crippen molar-refractivity contribution >= 4 is 17.2 Å². The van der Waals surface area contributed by atoms with Gasteiger partial charge in [0.15, 0.2) is 5.82 Å². The largest absolute Gasteiger partial charge is 0.497 e. The predicted molar refractivity (Wildman–Crippen MR) is 98.3 cm³/mol. The summed E-state index contributed by atoms with van der Waals surface area (Å²) in [6.45, 7) is 1.52. The summed E-state index contributed by atoms with van der Waals surface area (Å²) in [5.74, 6) is 2.45. The molecule has 0 N–H and O–H groups in total. The van der Waals surface area contributed by atoms with E-state index in [0.29, 0.717) is 24.1 Å². The Morgan fingerprint density at radius 2 is 2.19 bits per heavy atom. The molecule has 6 nitrogen and oxygen atoms in total. The molecule has 0 spiro atoms. The van der Waals surface area contributed by atoms with Gasteiger partial charge < -0.3 is 14.2 Å². The lowest BCUT2D eigenvalue weighted by atomic mass is 10.0.